The number of benzene rings is 1. The van der Waals surface area contributed by atoms with E-state index >= 15 is 0 Å². The van der Waals surface area contributed by atoms with E-state index in [9.17, 15) is 9.90 Å². The minimum atomic E-state index is -0.794. The van der Waals surface area contributed by atoms with Crippen molar-refractivity contribution in [2.75, 3.05) is 13.1 Å². The first-order chi connectivity index (χ1) is 9.87. The second-order valence-corrected chi connectivity index (χ2v) is 6.43. The third-order valence-electron chi connectivity index (χ3n) is 4.41. The number of hydrogen-bond donors (Lipinski definition) is 2. The van der Waals surface area contributed by atoms with E-state index in [0.717, 1.165) is 44.5 Å². The van der Waals surface area contributed by atoms with Gasteiger partial charge in [-0.2, -0.15) is 0 Å². The monoisotopic (exact) mass is 291 g/mol. The smallest absolute Gasteiger partial charge is 0.310 e. The van der Waals surface area contributed by atoms with E-state index in [0.29, 0.717) is 0 Å². The second kappa shape index (κ2) is 6.58. The zero-order valence-corrected chi connectivity index (χ0v) is 12.9. The van der Waals surface area contributed by atoms with Crippen molar-refractivity contribution < 1.29 is 15.0 Å². The maximum atomic E-state index is 11.0. The molecule has 4 heteroatoms. The van der Waals surface area contributed by atoms with Crippen LogP contribution in [0.4, 0.5) is 0 Å². The van der Waals surface area contributed by atoms with E-state index in [2.05, 4.69) is 4.90 Å². The van der Waals surface area contributed by atoms with Crippen molar-refractivity contribution in [1.82, 2.24) is 4.90 Å². The molecule has 0 radical (unpaired) electrons. The van der Waals surface area contributed by atoms with Crippen LogP contribution in [0, 0.1) is 0 Å². The van der Waals surface area contributed by atoms with Crippen LogP contribution in [0.1, 0.15) is 50.2 Å². The molecule has 2 N–H and O–H groups in total. The Hall–Kier alpha value is -1.39. The predicted molar refractivity (Wildman–Crippen MR) is 82.2 cm³/mol. The molecule has 1 aromatic carbocycles. The Morgan fingerprint density at radius 2 is 1.95 bits per heavy atom. The van der Waals surface area contributed by atoms with Gasteiger partial charge in [-0.15, -0.1) is 0 Å². The van der Waals surface area contributed by atoms with E-state index in [1.54, 1.807) is 6.92 Å². The molecule has 0 amide bonds. The maximum Gasteiger partial charge on any atom is 0.310 e. The van der Waals surface area contributed by atoms with Gasteiger partial charge in [0.25, 0.3) is 0 Å². The first-order valence-electron chi connectivity index (χ1n) is 7.64. The van der Waals surface area contributed by atoms with Crippen molar-refractivity contribution in [1.29, 1.82) is 0 Å². The number of carboxylic acids is 1. The zero-order chi connectivity index (χ0) is 15.5. The van der Waals surface area contributed by atoms with Gasteiger partial charge in [-0.3, -0.25) is 9.69 Å². The van der Waals surface area contributed by atoms with Gasteiger partial charge >= 0.3 is 5.97 Å². The van der Waals surface area contributed by atoms with Gasteiger partial charge < -0.3 is 10.2 Å². The molecule has 2 rings (SSSR count). The molecule has 0 aromatic heterocycles. The summed E-state index contributed by atoms with van der Waals surface area (Å²) < 4.78 is 0. The molecule has 2 atom stereocenters. The fourth-order valence-electron chi connectivity index (χ4n) is 2.79. The van der Waals surface area contributed by atoms with Gasteiger partial charge in [-0.05, 0) is 50.8 Å². The molecule has 0 bridgehead atoms. The van der Waals surface area contributed by atoms with Gasteiger partial charge in [-0.25, -0.2) is 0 Å². The lowest BCUT2D eigenvalue weighted by atomic mass is 9.98. The lowest BCUT2D eigenvalue weighted by Crippen LogP contribution is -2.28. The summed E-state index contributed by atoms with van der Waals surface area (Å²) in [5, 5.41) is 19.1. The molecule has 1 aliphatic heterocycles. The van der Waals surface area contributed by atoms with Crippen molar-refractivity contribution in [3.05, 3.63) is 35.4 Å². The summed E-state index contributed by atoms with van der Waals surface area (Å²) in [7, 11) is 0. The Bertz CT molecular complexity index is 481. The molecule has 116 valence electrons. The van der Waals surface area contributed by atoms with Crippen LogP contribution in [0.5, 0.6) is 0 Å². The average Bonchev–Trinajstić information content (AvgIpc) is 2.60. The number of likely N-dealkylation sites (tertiary alicyclic amines) is 1. The third kappa shape index (κ3) is 4.55. The first kappa shape index (κ1) is 16.0. The predicted octanol–water partition coefficient (Wildman–Crippen LogP) is 2.61. The van der Waals surface area contributed by atoms with Crippen molar-refractivity contribution in [3.8, 4) is 0 Å². The Morgan fingerprint density at radius 3 is 2.57 bits per heavy atom. The van der Waals surface area contributed by atoms with Crippen LogP contribution in [0.2, 0.25) is 0 Å². The fourth-order valence-corrected chi connectivity index (χ4v) is 2.79. The van der Waals surface area contributed by atoms with E-state index in [4.69, 9.17) is 5.11 Å². The highest BCUT2D eigenvalue weighted by Gasteiger charge is 2.24. The second-order valence-electron chi connectivity index (χ2n) is 6.43. The Kier molecular flexibility index (Phi) is 5.01. The lowest BCUT2D eigenvalue weighted by Gasteiger charge is -2.22. The van der Waals surface area contributed by atoms with E-state index in [1.165, 1.54) is 5.56 Å². The maximum absolute atomic E-state index is 11.0. The number of rotatable bonds is 4. The van der Waals surface area contributed by atoms with Crippen LogP contribution in [0.3, 0.4) is 0 Å². The summed E-state index contributed by atoms with van der Waals surface area (Å²) in [6, 6.07) is 7.83. The van der Waals surface area contributed by atoms with Crippen LogP contribution in [0.15, 0.2) is 24.3 Å². The molecular formula is C17H25NO3. The number of hydrogen-bond acceptors (Lipinski definition) is 3. The number of aliphatic carboxylic acids is 1. The van der Waals surface area contributed by atoms with Crippen molar-refractivity contribution in [3.63, 3.8) is 0 Å². The molecule has 21 heavy (non-hydrogen) atoms. The van der Waals surface area contributed by atoms with Crippen LogP contribution in [-0.4, -0.2) is 39.8 Å². The van der Waals surface area contributed by atoms with Crippen molar-refractivity contribution >= 4 is 5.97 Å². The lowest BCUT2D eigenvalue weighted by molar-refractivity contribution is -0.138. The van der Waals surface area contributed by atoms with Crippen molar-refractivity contribution in [2.24, 2.45) is 0 Å². The summed E-state index contributed by atoms with van der Waals surface area (Å²) in [6.45, 7) is 6.38. The average molecular weight is 291 g/mol. The van der Waals surface area contributed by atoms with Crippen molar-refractivity contribution in [2.45, 2.75) is 51.2 Å². The largest absolute Gasteiger partial charge is 0.481 e. The van der Waals surface area contributed by atoms with Crippen LogP contribution >= 0.6 is 0 Å². The molecule has 0 aliphatic carbocycles. The number of aliphatic hydroxyl groups is 1. The highest BCUT2D eigenvalue weighted by molar-refractivity contribution is 5.75. The minimum absolute atomic E-state index is 0.465. The quantitative estimate of drug-likeness (QED) is 0.895. The molecule has 0 spiro atoms. The third-order valence-corrected chi connectivity index (χ3v) is 4.41. The number of carbonyl (C=O) groups is 1. The van der Waals surface area contributed by atoms with Gasteiger partial charge in [0.15, 0.2) is 0 Å². The number of nitrogens with zero attached hydrogens (tertiary/aromatic N) is 1. The summed E-state index contributed by atoms with van der Waals surface area (Å²) in [5.41, 5.74) is 1.50. The Labute approximate surface area is 126 Å². The first-order valence-corrected chi connectivity index (χ1v) is 7.64. The van der Waals surface area contributed by atoms with Gasteiger partial charge in [-0.1, -0.05) is 24.3 Å². The Morgan fingerprint density at radius 1 is 1.29 bits per heavy atom. The SMILES string of the molecule is CC(C(=O)O)c1ccc(CN2CCCC(C)(O)CC2)cc1. The van der Waals surface area contributed by atoms with Gasteiger partial charge in [0.05, 0.1) is 11.5 Å². The van der Waals surface area contributed by atoms with Crippen LogP contribution < -0.4 is 0 Å². The highest BCUT2D eigenvalue weighted by atomic mass is 16.4. The molecule has 2 unspecified atom stereocenters. The highest BCUT2D eigenvalue weighted by Crippen LogP contribution is 2.23. The molecule has 1 aromatic rings. The number of carboxylic acid groups (broad SMARTS) is 1. The van der Waals surface area contributed by atoms with E-state index in [1.807, 2.05) is 31.2 Å². The minimum Gasteiger partial charge on any atom is -0.481 e. The molecule has 1 aliphatic rings. The summed E-state index contributed by atoms with van der Waals surface area (Å²) in [4.78, 5) is 13.3. The molecule has 1 heterocycles. The van der Waals surface area contributed by atoms with Gasteiger partial charge in [0.1, 0.15) is 0 Å². The summed E-state index contributed by atoms with van der Waals surface area (Å²) in [5.74, 6) is -1.26. The molecular weight excluding hydrogens is 266 g/mol. The van der Waals surface area contributed by atoms with Crippen LogP contribution in [0.25, 0.3) is 0 Å². The summed E-state index contributed by atoms with van der Waals surface area (Å²) in [6.07, 6.45) is 2.68. The zero-order valence-electron chi connectivity index (χ0n) is 12.9. The van der Waals surface area contributed by atoms with E-state index in [-0.39, 0.29) is 0 Å². The van der Waals surface area contributed by atoms with Crippen LogP contribution in [-0.2, 0) is 11.3 Å². The van der Waals surface area contributed by atoms with Gasteiger partial charge in [0, 0.05) is 13.1 Å². The summed E-state index contributed by atoms with van der Waals surface area (Å²) >= 11 is 0. The fraction of sp³-hybridized carbons (Fsp3) is 0.588. The molecule has 1 saturated heterocycles. The molecule has 0 saturated carbocycles. The normalized spacial score (nSPS) is 25.3. The molecule has 4 nitrogen and oxygen atoms in total. The topological polar surface area (TPSA) is 60.8 Å². The standard InChI is InChI=1S/C17H25NO3/c1-13(16(19)20)15-6-4-14(5-7-15)12-18-10-3-8-17(2,21)9-11-18/h4-7,13,21H,3,8-12H2,1-2H3,(H,19,20). The van der Waals surface area contributed by atoms with E-state index < -0.39 is 17.5 Å². The molecule has 1 fully saturated rings. The van der Waals surface area contributed by atoms with Gasteiger partial charge in [0.2, 0.25) is 0 Å². The Balaban J connectivity index is 1.96.